The minimum absolute atomic E-state index is 0.00879. The number of methoxy groups -OCH3 is 1. The van der Waals surface area contributed by atoms with Gasteiger partial charge in [0.25, 0.3) is 0 Å². The lowest BCUT2D eigenvalue weighted by molar-refractivity contribution is -0.139. The third kappa shape index (κ3) is 3.48. The third-order valence-electron chi connectivity index (χ3n) is 2.42. The van der Waals surface area contributed by atoms with E-state index >= 15 is 0 Å². The molecule has 2 aromatic rings. The number of anilines is 2. The minimum Gasteiger partial charge on any atom is -0.464 e. The Bertz CT molecular complexity index is 670. The van der Waals surface area contributed by atoms with Crippen LogP contribution < -0.4 is 5.32 Å². The lowest BCUT2D eigenvalue weighted by Gasteiger charge is -2.10. The highest BCUT2D eigenvalue weighted by atomic mass is 32.1. The zero-order valence-corrected chi connectivity index (χ0v) is 11.3. The van der Waals surface area contributed by atoms with Crippen LogP contribution in [0.1, 0.15) is 16.1 Å². The molecule has 4 nitrogen and oxygen atoms in total. The maximum atomic E-state index is 13.1. The number of benzene rings is 1. The molecular weight excluding hydrogens is 312 g/mol. The zero-order chi connectivity index (χ0) is 15.6. The van der Waals surface area contributed by atoms with Crippen molar-refractivity contribution in [2.45, 2.75) is 6.18 Å². The predicted octanol–water partition coefficient (Wildman–Crippen LogP) is 3.83. The highest BCUT2D eigenvalue weighted by Crippen LogP contribution is 2.33. The van der Waals surface area contributed by atoms with E-state index in [9.17, 15) is 22.4 Å². The monoisotopic (exact) mass is 320 g/mol. The normalized spacial score (nSPS) is 11.3. The van der Waals surface area contributed by atoms with Gasteiger partial charge in [-0.25, -0.2) is 14.2 Å². The van der Waals surface area contributed by atoms with Crippen LogP contribution in [0.15, 0.2) is 23.6 Å². The zero-order valence-electron chi connectivity index (χ0n) is 10.5. The average Bonchev–Trinajstić information content (AvgIpc) is 2.87. The van der Waals surface area contributed by atoms with Gasteiger partial charge in [-0.15, -0.1) is 11.3 Å². The van der Waals surface area contributed by atoms with Crippen molar-refractivity contribution in [2.24, 2.45) is 0 Å². The van der Waals surface area contributed by atoms with Gasteiger partial charge >= 0.3 is 12.1 Å². The number of halogens is 4. The van der Waals surface area contributed by atoms with Gasteiger partial charge in [0, 0.05) is 11.1 Å². The second-order valence-corrected chi connectivity index (χ2v) is 4.70. The molecule has 0 aliphatic carbocycles. The van der Waals surface area contributed by atoms with E-state index in [4.69, 9.17) is 0 Å². The lowest BCUT2D eigenvalue weighted by atomic mass is 10.2. The largest absolute Gasteiger partial charge is 0.464 e. The fraction of sp³-hybridized carbons (Fsp3) is 0.167. The SMILES string of the molecule is COC(=O)c1csc(Nc2ccc(F)c(C(F)(F)F)c2)n1. The van der Waals surface area contributed by atoms with Crippen molar-refractivity contribution in [3.8, 4) is 0 Å². The van der Waals surface area contributed by atoms with E-state index in [1.54, 1.807) is 0 Å². The van der Waals surface area contributed by atoms with E-state index in [0.717, 1.165) is 17.4 Å². The average molecular weight is 320 g/mol. The summed E-state index contributed by atoms with van der Waals surface area (Å²) in [6, 6.07) is 2.48. The van der Waals surface area contributed by atoms with E-state index in [-0.39, 0.29) is 16.5 Å². The van der Waals surface area contributed by atoms with E-state index in [1.807, 2.05) is 0 Å². The summed E-state index contributed by atoms with van der Waals surface area (Å²) in [4.78, 5) is 15.1. The molecule has 1 aromatic heterocycles. The van der Waals surface area contributed by atoms with Gasteiger partial charge in [-0.05, 0) is 18.2 Å². The number of thiazole rings is 1. The molecule has 0 bridgehead atoms. The Kier molecular flexibility index (Phi) is 4.12. The van der Waals surface area contributed by atoms with Gasteiger partial charge in [-0.2, -0.15) is 13.2 Å². The molecular formula is C12H8F4N2O2S. The van der Waals surface area contributed by atoms with Gasteiger partial charge in [0.05, 0.1) is 12.7 Å². The molecule has 0 aliphatic rings. The fourth-order valence-corrected chi connectivity index (χ4v) is 2.17. The quantitative estimate of drug-likeness (QED) is 0.690. The molecule has 0 amide bonds. The first-order valence-electron chi connectivity index (χ1n) is 5.49. The summed E-state index contributed by atoms with van der Waals surface area (Å²) in [5, 5.41) is 4.16. The number of carbonyl (C=O) groups is 1. The van der Waals surface area contributed by atoms with Crippen LogP contribution in [0.25, 0.3) is 0 Å². The highest BCUT2D eigenvalue weighted by molar-refractivity contribution is 7.14. The molecule has 0 aliphatic heterocycles. The first kappa shape index (κ1) is 15.2. The van der Waals surface area contributed by atoms with Crippen molar-refractivity contribution in [2.75, 3.05) is 12.4 Å². The molecule has 21 heavy (non-hydrogen) atoms. The van der Waals surface area contributed by atoms with Crippen LogP contribution in [0.4, 0.5) is 28.4 Å². The Balaban J connectivity index is 2.24. The number of aromatic nitrogens is 1. The molecule has 0 radical (unpaired) electrons. The topological polar surface area (TPSA) is 51.2 Å². The first-order valence-corrected chi connectivity index (χ1v) is 6.37. The number of hydrogen-bond donors (Lipinski definition) is 1. The van der Waals surface area contributed by atoms with E-state index in [2.05, 4.69) is 15.0 Å². The second-order valence-electron chi connectivity index (χ2n) is 3.85. The lowest BCUT2D eigenvalue weighted by Crippen LogP contribution is -2.08. The molecule has 0 saturated heterocycles. The number of carbonyl (C=O) groups excluding carboxylic acids is 1. The van der Waals surface area contributed by atoms with Crippen LogP contribution in [0.3, 0.4) is 0 Å². The molecule has 2 rings (SSSR count). The highest BCUT2D eigenvalue weighted by Gasteiger charge is 2.34. The van der Waals surface area contributed by atoms with Crippen LogP contribution in [-0.4, -0.2) is 18.1 Å². The van der Waals surface area contributed by atoms with Crippen LogP contribution in [0, 0.1) is 5.82 Å². The summed E-state index contributed by atoms with van der Waals surface area (Å²) >= 11 is 1.01. The summed E-state index contributed by atoms with van der Waals surface area (Å²) in [6.07, 6.45) is -4.79. The van der Waals surface area contributed by atoms with E-state index in [1.165, 1.54) is 12.5 Å². The van der Waals surface area contributed by atoms with Crippen molar-refractivity contribution in [3.63, 3.8) is 0 Å². The maximum absolute atomic E-state index is 13.1. The number of alkyl halides is 3. The Labute approximate surface area is 120 Å². The number of nitrogens with one attached hydrogen (secondary N) is 1. The van der Waals surface area contributed by atoms with Gasteiger partial charge in [0.2, 0.25) is 0 Å². The summed E-state index contributed by atoms with van der Waals surface area (Å²) in [7, 11) is 1.18. The minimum atomic E-state index is -4.79. The Hall–Kier alpha value is -2.16. The Morgan fingerprint density at radius 2 is 2.10 bits per heavy atom. The summed E-state index contributed by atoms with van der Waals surface area (Å²) < 4.78 is 55.3. The Morgan fingerprint density at radius 1 is 1.38 bits per heavy atom. The maximum Gasteiger partial charge on any atom is 0.419 e. The van der Waals surface area contributed by atoms with Crippen molar-refractivity contribution in [1.29, 1.82) is 0 Å². The Morgan fingerprint density at radius 3 is 2.71 bits per heavy atom. The van der Waals surface area contributed by atoms with Gasteiger partial charge in [-0.3, -0.25) is 0 Å². The van der Waals surface area contributed by atoms with Crippen LogP contribution in [0.2, 0.25) is 0 Å². The number of ether oxygens (including phenoxy) is 1. The van der Waals surface area contributed by atoms with Crippen molar-refractivity contribution >= 4 is 28.1 Å². The number of nitrogens with zero attached hydrogens (tertiary/aromatic N) is 1. The molecule has 1 N–H and O–H groups in total. The van der Waals surface area contributed by atoms with Gasteiger partial charge in [0.1, 0.15) is 5.82 Å². The summed E-state index contributed by atoms with van der Waals surface area (Å²) in [6.45, 7) is 0. The molecule has 0 atom stereocenters. The molecule has 0 unspecified atom stereocenters. The third-order valence-corrected chi connectivity index (χ3v) is 3.18. The summed E-state index contributed by atoms with van der Waals surface area (Å²) in [5.41, 5.74) is -1.34. The molecule has 0 spiro atoms. The molecule has 9 heteroatoms. The second kappa shape index (κ2) is 5.68. The molecule has 1 aromatic carbocycles. The van der Waals surface area contributed by atoms with Crippen molar-refractivity contribution in [1.82, 2.24) is 4.98 Å². The molecule has 0 saturated carbocycles. The van der Waals surface area contributed by atoms with Crippen LogP contribution >= 0.6 is 11.3 Å². The number of rotatable bonds is 3. The molecule has 1 heterocycles. The fourth-order valence-electron chi connectivity index (χ4n) is 1.47. The van der Waals surface area contributed by atoms with Crippen molar-refractivity contribution in [3.05, 3.63) is 40.7 Å². The van der Waals surface area contributed by atoms with Crippen LogP contribution in [0.5, 0.6) is 0 Å². The standard InChI is InChI=1S/C12H8F4N2O2S/c1-20-10(19)9-5-21-11(18-9)17-6-2-3-8(13)7(4-6)12(14,15)16/h2-5H,1H3,(H,17,18). The van der Waals surface area contributed by atoms with E-state index in [0.29, 0.717) is 12.1 Å². The summed E-state index contributed by atoms with van der Waals surface area (Å²) in [5.74, 6) is -2.02. The van der Waals surface area contributed by atoms with E-state index < -0.39 is 23.5 Å². The van der Waals surface area contributed by atoms with Gasteiger partial charge < -0.3 is 10.1 Å². The smallest absolute Gasteiger partial charge is 0.419 e. The predicted molar refractivity (Wildman–Crippen MR) is 68.1 cm³/mol. The number of esters is 1. The van der Waals surface area contributed by atoms with Gasteiger partial charge in [0.15, 0.2) is 10.8 Å². The first-order chi connectivity index (χ1) is 9.81. The van der Waals surface area contributed by atoms with Gasteiger partial charge in [-0.1, -0.05) is 0 Å². The molecule has 0 fully saturated rings. The molecule has 112 valence electrons. The number of hydrogen-bond acceptors (Lipinski definition) is 5. The van der Waals surface area contributed by atoms with Crippen LogP contribution in [-0.2, 0) is 10.9 Å². The van der Waals surface area contributed by atoms with Crippen molar-refractivity contribution < 1.29 is 27.1 Å².